The molecule has 0 aliphatic carbocycles. The van der Waals surface area contributed by atoms with E-state index in [1.165, 1.54) is 25.7 Å². The summed E-state index contributed by atoms with van der Waals surface area (Å²) < 4.78 is 5.84. The highest BCUT2D eigenvalue weighted by atomic mass is 79.9. The van der Waals surface area contributed by atoms with Crippen LogP contribution in [0.4, 0.5) is 5.82 Å². The molecule has 4 heteroatoms. The highest BCUT2D eigenvalue weighted by Crippen LogP contribution is 2.33. The van der Waals surface area contributed by atoms with Gasteiger partial charge in [0.25, 0.3) is 0 Å². The minimum absolute atomic E-state index is 0.622. The molecule has 0 N–H and O–H groups in total. The first-order valence-corrected chi connectivity index (χ1v) is 8.39. The molecule has 106 valence electrons. The molecule has 0 bridgehead atoms. The Hall–Kier alpha value is -0.770. The lowest BCUT2D eigenvalue weighted by Crippen LogP contribution is -2.30. The van der Waals surface area contributed by atoms with E-state index in [-0.39, 0.29) is 0 Å². The number of alkyl halides is 1. The summed E-state index contributed by atoms with van der Waals surface area (Å²) in [6.07, 6.45) is 7.89. The summed E-state index contributed by atoms with van der Waals surface area (Å²) in [5.74, 6) is 1.98. The summed E-state index contributed by atoms with van der Waals surface area (Å²) in [6, 6.07) is 4.62. The molecule has 0 spiro atoms. The SMILES string of the molecule is CCCOc1cccnc1N1CCCC1CCCBr. The van der Waals surface area contributed by atoms with Crippen molar-refractivity contribution in [1.82, 2.24) is 4.98 Å². The number of aromatic nitrogens is 1. The molecule has 0 saturated carbocycles. The minimum atomic E-state index is 0.622. The van der Waals surface area contributed by atoms with Crippen LogP contribution < -0.4 is 9.64 Å². The lowest BCUT2D eigenvalue weighted by Gasteiger charge is -2.27. The Bertz CT molecular complexity index is 386. The Morgan fingerprint density at radius 3 is 3.21 bits per heavy atom. The van der Waals surface area contributed by atoms with E-state index in [0.717, 1.165) is 36.5 Å². The fourth-order valence-corrected chi connectivity index (χ4v) is 2.97. The van der Waals surface area contributed by atoms with Crippen LogP contribution in [0.1, 0.15) is 39.0 Å². The molecule has 1 unspecified atom stereocenters. The molecule has 0 amide bonds. The molecule has 1 aromatic rings. The van der Waals surface area contributed by atoms with Crippen LogP contribution in [0.25, 0.3) is 0 Å². The first-order valence-electron chi connectivity index (χ1n) is 7.27. The maximum absolute atomic E-state index is 5.84. The zero-order chi connectivity index (χ0) is 13.5. The van der Waals surface area contributed by atoms with Crippen molar-refractivity contribution in [3.8, 4) is 5.75 Å². The van der Waals surface area contributed by atoms with Crippen LogP contribution in [0.3, 0.4) is 0 Å². The van der Waals surface area contributed by atoms with Crippen LogP contribution in [-0.4, -0.2) is 29.5 Å². The van der Waals surface area contributed by atoms with Crippen molar-refractivity contribution in [2.75, 3.05) is 23.4 Å². The summed E-state index contributed by atoms with van der Waals surface area (Å²) in [4.78, 5) is 7.00. The molecule has 1 aliphatic heterocycles. The van der Waals surface area contributed by atoms with Crippen molar-refractivity contribution < 1.29 is 4.74 Å². The van der Waals surface area contributed by atoms with Gasteiger partial charge in [0.1, 0.15) is 0 Å². The Morgan fingerprint density at radius 1 is 1.53 bits per heavy atom. The van der Waals surface area contributed by atoms with Gasteiger partial charge in [0.2, 0.25) is 0 Å². The van der Waals surface area contributed by atoms with E-state index in [2.05, 4.69) is 32.7 Å². The third-order valence-electron chi connectivity index (χ3n) is 3.53. The molecule has 0 aromatic carbocycles. The monoisotopic (exact) mass is 326 g/mol. The Balaban J connectivity index is 2.10. The van der Waals surface area contributed by atoms with Gasteiger partial charge in [0, 0.05) is 24.1 Å². The molecule has 3 nitrogen and oxygen atoms in total. The molecule has 0 radical (unpaired) electrons. The number of hydrogen-bond donors (Lipinski definition) is 0. The zero-order valence-corrected chi connectivity index (χ0v) is 13.2. The topological polar surface area (TPSA) is 25.4 Å². The highest BCUT2D eigenvalue weighted by Gasteiger charge is 2.27. The number of nitrogens with zero attached hydrogens (tertiary/aromatic N) is 2. The van der Waals surface area contributed by atoms with Crippen LogP contribution in [0.15, 0.2) is 18.3 Å². The highest BCUT2D eigenvalue weighted by molar-refractivity contribution is 9.09. The van der Waals surface area contributed by atoms with Gasteiger partial charge < -0.3 is 9.64 Å². The van der Waals surface area contributed by atoms with Crippen LogP contribution in [0.2, 0.25) is 0 Å². The second-order valence-corrected chi connectivity index (χ2v) is 5.79. The summed E-state index contributed by atoms with van der Waals surface area (Å²) in [5, 5.41) is 1.08. The Labute approximate surface area is 124 Å². The zero-order valence-electron chi connectivity index (χ0n) is 11.6. The van der Waals surface area contributed by atoms with Crippen molar-refractivity contribution >= 4 is 21.7 Å². The summed E-state index contributed by atoms with van der Waals surface area (Å²) >= 11 is 3.52. The predicted octanol–water partition coefficient (Wildman–Crippen LogP) is 4.01. The molecule has 19 heavy (non-hydrogen) atoms. The normalized spacial score (nSPS) is 18.8. The Morgan fingerprint density at radius 2 is 2.42 bits per heavy atom. The van der Waals surface area contributed by atoms with Crippen molar-refractivity contribution in [1.29, 1.82) is 0 Å². The lowest BCUT2D eigenvalue weighted by molar-refractivity contribution is 0.316. The van der Waals surface area contributed by atoms with Crippen molar-refractivity contribution in [3.63, 3.8) is 0 Å². The first-order chi connectivity index (χ1) is 9.36. The van der Waals surface area contributed by atoms with Gasteiger partial charge in [-0.3, -0.25) is 0 Å². The number of pyridine rings is 1. The van der Waals surface area contributed by atoms with Gasteiger partial charge in [-0.15, -0.1) is 0 Å². The largest absolute Gasteiger partial charge is 0.490 e. The number of halogens is 1. The van der Waals surface area contributed by atoms with E-state index in [1.54, 1.807) is 0 Å². The van der Waals surface area contributed by atoms with E-state index in [1.807, 2.05) is 18.3 Å². The molecule has 1 atom stereocenters. The van der Waals surface area contributed by atoms with Gasteiger partial charge in [0.15, 0.2) is 11.6 Å². The first kappa shape index (κ1) is 14.6. The van der Waals surface area contributed by atoms with Gasteiger partial charge >= 0.3 is 0 Å². The molecule has 1 aliphatic rings. The van der Waals surface area contributed by atoms with Gasteiger partial charge in [-0.05, 0) is 44.2 Å². The fourth-order valence-electron chi connectivity index (χ4n) is 2.65. The van der Waals surface area contributed by atoms with Gasteiger partial charge in [-0.25, -0.2) is 4.98 Å². The Kier molecular flexibility index (Phi) is 5.95. The number of anilines is 1. The maximum Gasteiger partial charge on any atom is 0.171 e. The quantitative estimate of drug-likeness (QED) is 0.708. The average molecular weight is 327 g/mol. The van der Waals surface area contributed by atoms with Crippen LogP contribution in [0, 0.1) is 0 Å². The summed E-state index contributed by atoms with van der Waals surface area (Å²) in [6.45, 7) is 4.00. The van der Waals surface area contributed by atoms with E-state index in [0.29, 0.717) is 6.04 Å². The van der Waals surface area contributed by atoms with Gasteiger partial charge in [-0.2, -0.15) is 0 Å². The molecule has 1 fully saturated rings. The number of rotatable bonds is 7. The van der Waals surface area contributed by atoms with Crippen molar-refractivity contribution in [2.24, 2.45) is 0 Å². The third kappa shape index (κ3) is 3.85. The molecule has 1 aromatic heterocycles. The van der Waals surface area contributed by atoms with Crippen LogP contribution in [-0.2, 0) is 0 Å². The van der Waals surface area contributed by atoms with E-state index in [4.69, 9.17) is 4.74 Å². The fraction of sp³-hybridized carbons (Fsp3) is 0.667. The average Bonchev–Trinajstić information content (AvgIpc) is 2.91. The van der Waals surface area contributed by atoms with E-state index >= 15 is 0 Å². The standard InChI is InChI=1S/C15H23BrN2O/c1-2-12-19-14-8-4-10-17-15(14)18-11-5-7-13(18)6-3-9-16/h4,8,10,13H,2-3,5-7,9,11-12H2,1H3. The van der Waals surface area contributed by atoms with Gasteiger partial charge in [0.05, 0.1) is 6.61 Å². The maximum atomic E-state index is 5.84. The smallest absolute Gasteiger partial charge is 0.171 e. The van der Waals surface area contributed by atoms with Crippen LogP contribution in [0.5, 0.6) is 5.75 Å². The predicted molar refractivity (Wildman–Crippen MR) is 83.4 cm³/mol. The third-order valence-corrected chi connectivity index (χ3v) is 4.09. The van der Waals surface area contributed by atoms with E-state index in [9.17, 15) is 0 Å². The second-order valence-electron chi connectivity index (χ2n) is 4.99. The molecule has 2 heterocycles. The second kappa shape index (κ2) is 7.73. The van der Waals surface area contributed by atoms with Crippen molar-refractivity contribution in [3.05, 3.63) is 18.3 Å². The number of ether oxygens (including phenoxy) is 1. The summed E-state index contributed by atoms with van der Waals surface area (Å²) in [7, 11) is 0. The van der Waals surface area contributed by atoms with Crippen LogP contribution >= 0.6 is 15.9 Å². The van der Waals surface area contributed by atoms with Gasteiger partial charge in [-0.1, -0.05) is 22.9 Å². The molecular formula is C15H23BrN2O. The van der Waals surface area contributed by atoms with Crippen molar-refractivity contribution in [2.45, 2.75) is 45.1 Å². The summed E-state index contributed by atoms with van der Waals surface area (Å²) in [5.41, 5.74) is 0. The molecule has 1 saturated heterocycles. The lowest BCUT2D eigenvalue weighted by atomic mass is 10.1. The molecule has 2 rings (SSSR count). The van der Waals surface area contributed by atoms with E-state index < -0.39 is 0 Å². The minimum Gasteiger partial charge on any atom is -0.490 e. The molecular weight excluding hydrogens is 304 g/mol. The number of hydrogen-bond acceptors (Lipinski definition) is 3.